The van der Waals surface area contributed by atoms with E-state index in [9.17, 15) is 0 Å². The molecule has 18 heavy (non-hydrogen) atoms. The van der Waals surface area contributed by atoms with Crippen molar-refractivity contribution in [3.8, 4) is 0 Å². The molecule has 3 rings (SSSR count). The van der Waals surface area contributed by atoms with E-state index in [2.05, 4.69) is 10.2 Å². The van der Waals surface area contributed by atoms with Gasteiger partial charge in [0.05, 0.1) is 0 Å². The number of nitrogens with two attached hydrogens (primary N) is 1. The quantitative estimate of drug-likeness (QED) is 0.768. The van der Waals surface area contributed by atoms with E-state index in [1.807, 2.05) is 40.9 Å². The van der Waals surface area contributed by atoms with Crippen LogP contribution in [-0.4, -0.2) is 21.1 Å². The Morgan fingerprint density at radius 2 is 2.22 bits per heavy atom. The number of nitrogens with zero attached hydrogens (tertiary/aromatic N) is 3. The molecule has 0 saturated heterocycles. The van der Waals surface area contributed by atoms with Crippen LogP contribution in [0, 0.1) is 0 Å². The third-order valence-corrected chi connectivity index (χ3v) is 3.05. The molecule has 90 valence electrons. The molecular weight excluding hydrogens is 248 g/mol. The van der Waals surface area contributed by atoms with Crippen LogP contribution in [0.4, 0.5) is 0 Å². The lowest BCUT2D eigenvalue weighted by atomic mass is 10.1. The summed E-state index contributed by atoms with van der Waals surface area (Å²) in [6.07, 6.45) is 7.57. The van der Waals surface area contributed by atoms with E-state index in [4.69, 9.17) is 17.3 Å². The number of halogens is 1. The van der Waals surface area contributed by atoms with Crippen molar-refractivity contribution in [2.24, 2.45) is 5.73 Å². The molecule has 5 heteroatoms. The first kappa shape index (κ1) is 11.2. The third kappa shape index (κ3) is 1.75. The van der Waals surface area contributed by atoms with Gasteiger partial charge in [0.25, 0.3) is 0 Å². The molecule has 1 aromatic carbocycles. The molecule has 0 unspecified atom stereocenters. The fraction of sp³-hybridized carbons (Fsp3) is 0.0769. The van der Waals surface area contributed by atoms with Crippen LogP contribution < -0.4 is 5.73 Å². The number of hydrogen-bond acceptors (Lipinski definition) is 3. The van der Waals surface area contributed by atoms with Gasteiger partial charge in [-0.05, 0) is 23.1 Å². The molecule has 0 aliphatic heterocycles. The van der Waals surface area contributed by atoms with Gasteiger partial charge in [0.15, 0.2) is 5.65 Å². The van der Waals surface area contributed by atoms with E-state index in [1.54, 1.807) is 6.33 Å². The van der Waals surface area contributed by atoms with E-state index in [0.29, 0.717) is 11.6 Å². The average Bonchev–Trinajstić information content (AvgIpc) is 2.84. The molecule has 2 N–H and O–H groups in total. The van der Waals surface area contributed by atoms with Crippen molar-refractivity contribution in [3.05, 3.63) is 47.4 Å². The summed E-state index contributed by atoms with van der Waals surface area (Å²) in [6, 6.07) is 5.76. The minimum atomic E-state index is 0.509. The van der Waals surface area contributed by atoms with Crippen molar-refractivity contribution >= 4 is 34.1 Å². The van der Waals surface area contributed by atoms with Crippen LogP contribution in [0.1, 0.15) is 5.56 Å². The summed E-state index contributed by atoms with van der Waals surface area (Å²) < 4.78 is 1.88. The molecular formula is C13H11ClN4. The Kier molecular flexibility index (Phi) is 2.74. The lowest BCUT2D eigenvalue weighted by Crippen LogP contribution is -1.93. The van der Waals surface area contributed by atoms with E-state index < -0.39 is 0 Å². The van der Waals surface area contributed by atoms with Crippen molar-refractivity contribution in [2.45, 2.75) is 0 Å². The molecule has 3 aromatic rings. The van der Waals surface area contributed by atoms with Crippen LogP contribution in [0.3, 0.4) is 0 Å². The summed E-state index contributed by atoms with van der Waals surface area (Å²) in [6.45, 7) is 0.509. The average molecular weight is 259 g/mol. The topological polar surface area (TPSA) is 56.2 Å². The maximum atomic E-state index is 6.05. The van der Waals surface area contributed by atoms with Crippen LogP contribution >= 0.6 is 11.6 Å². The van der Waals surface area contributed by atoms with Gasteiger partial charge in [0, 0.05) is 23.2 Å². The van der Waals surface area contributed by atoms with Crippen molar-refractivity contribution < 1.29 is 0 Å². The number of aromatic nitrogens is 3. The fourth-order valence-electron chi connectivity index (χ4n) is 2.03. The monoisotopic (exact) mass is 258 g/mol. The highest BCUT2D eigenvalue weighted by molar-refractivity contribution is 6.31. The summed E-state index contributed by atoms with van der Waals surface area (Å²) in [5.74, 6) is 0. The van der Waals surface area contributed by atoms with Crippen molar-refractivity contribution in [1.29, 1.82) is 0 Å². The van der Waals surface area contributed by atoms with E-state index in [1.165, 1.54) is 0 Å². The van der Waals surface area contributed by atoms with E-state index >= 15 is 0 Å². The molecule has 0 aliphatic rings. The zero-order valence-corrected chi connectivity index (χ0v) is 10.3. The Morgan fingerprint density at radius 1 is 1.33 bits per heavy atom. The number of rotatable bonds is 2. The third-order valence-electron chi connectivity index (χ3n) is 2.82. The van der Waals surface area contributed by atoms with Gasteiger partial charge >= 0.3 is 0 Å². The van der Waals surface area contributed by atoms with Crippen LogP contribution in [0.2, 0.25) is 5.02 Å². The Labute approximate surface area is 109 Å². The SMILES string of the molecule is NC/C=C/c1cn2cnnc2c2cc(Cl)ccc12. The molecule has 0 atom stereocenters. The van der Waals surface area contributed by atoms with Crippen LogP contribution in [-0.2, 0) is 0 Å². The Hall–Kier alpha value is -1.91. The van der Waals surface area contributed by atoms with Crippen molar-refractivity contribution in [1.82, 2.24) is 14.6 Å². The summed E-state index contributed by atoms with van der Waals surface area (Å²) in [5, 5.41) is 10.8. The fourth-order valence-corrected chi connectivity index (χ4v) is 2.20. The maximum Gasteiger partial charge on any atom is 0.168 e. The lowest BCUT2D eigenvalue weighted by Gasteiger charge is -2.05. The molecule has 0 bridgehead atoms. The first-order valence-corrected chi connectivity index (χ1v) is 5.95. The van der Waals surface area contributed by atoms with E-state index in [-0.39, 0.29) is 0 Å². The number of benzene rings is 1. The van der Waals surface area contributed by atoms with Crippen molar-refractivity contribution in [2.75, 3.05) is 6.54 Å². The van der Waals surface area contributed by atoms with Gasteiger partial charge in [-0.15, -0.1) is 10.2 Å². The largest absolute Gasteiger partial charge is 0.327 e. The lowest BCUT2D eigenvalue weighted by molar-refractivity contribution is 1.10. The molecule has 0 aliphatic carbocycles. The molecule has 4 nitrogen and oxygen atoms in total. The summed E-state index contributed by atoms with van der Waals surface area (Å²) in [4.78, 5) is 0. The maximum absolute atomic E-state index is 6.05. The zero-order valence-electron chi connectivity index (χ0n) is 9.55. The van der Waals surface area contributed by atoms with Crippen LogP contribution in [0.5, 0.6) is 0 Å². The molecule has 0 radical (unpaired) electrons. The predicted octanol–water partition coefficient (Wildman–Crippen LogP) is 2.51. The first-order chi connectivity index (χ1) is 8.79. The summed E-state index contributed by atoms with van der Waals surface area (Å²) >= 11 is 6.05. The van der Waals surface area contributed by atoms with Gasteiger partial charge in [-0.2, -0.15) is 0 Å². The molecule has 0 fully saturated rings. The highest BCUT2D eigenvalue weighted by Crippen LogP contribution is 2.26. The number of fused-ring (bicyclic) bond motifs is 3. The van der Waals surface area contributed by atoms with Gasteiger partial charge in [-0.25, -0.2) is 0 Å². The second-order valence-corrected chi connectivity index (χ2v) is 4.41. The van der Waals surface area contributed by atoms with Crippen molar-refractivity contribution in [3.63, 3.8) is 0 Å². The highest BCUT2D eigenvalue weighted by Gasteiger charge is 2.07. The summed E-state index contributed by atoms with van der Waals surface area (Å²) in [7, 11) is 0. The van der Waals surface area contributed by atoms with Gasteiger partial charge in [-0.3, -0.25) is 4.40 Å². The number of pyridine rings is 1. The Morgan fingerprint density at radius 3 is 3.06 bits per heavy atom. The Bertz CT molecular complexity index is 745. The van der Waals surface area contributed by atoms with Gasteiger partial charge in [0.2, 0.25) is 0 Å². The van der Waals surface area contributed by atoms with Gasteiger partial charge in [0.1, 0.15) is 6.33 Å². The van der Waals surface area contributed by atoms with E-state index in [0.717, 1.165) is 22.0 Å². The standard InChI is InChI=1S/C13H11ClN4/c14-10-3-4-11-9(2-1-5-15)7-18-8-16-17-13(18)12(11)6-10/h1-4,6-8H,5,15H2/b2-1+. The minimum Gasteiger partial charge on any atom is -0.327 e. The molecule has 2 aromatic heterocycles. The predicted molar refractivity (Wildman–Crippen MR) is 73.6 cm³/mol. The molecule has 0 amide bonds. The normalized spacial score (nSPS) is 11.9. The van der Waals surface area contributed by atoms with Gasteiger partial charge < -0.3 is 5.73 Å². The first-order valence-electron chi connectivity index (χ1n) is 5.58. The number of hydrogen-bond donors (Lipinski definition) is 1. The molecule has 0 saturated carbocycles. The molecule has 2 heterocycles. The van der Waals surface area contributed by atoms with Gasteiger partial charge in [-0.1, -0.05) is 29.8 Å². The summed E-state index contributed by atoms with van der Waals surface area (Å²) in [5.41, 5.74) is 7.37. The zero-order chi connectivity index (χ0) is 12.5. The Balaban J connectivity index is 2.42. The minimum absolute atomic E-state index is 0.509. The molecule has 0 spiro atoms. The van der Waals surface area contributed by atoms with Crippen LogP contribution in [0.15, 0.2) is 36.8 Å². The second kappa shape index (κ2) is 4.40. The smallest absolute Gasteiger partial charge is 0.168 e. The highest BCUT2D eigenvalue weighted by atomic mass is 35.5. The van der Waals surface area contributed by atoms with Crippen LogP contribution in [0.25, 0.3) is 22.5 Å². The second-order valence-electron chi connectivity index (χ2n) is 3.97.